The van der Waals surface area contributed by atoms with E-state index in [2.05, 4.69) is 26.3 Å². The van der Waals surface area contributed by atoms with Crippen molar-refractivity contribution in [3.63, 3.8) is 0 Å². The van der Waals surface area contributed by atoms with E-state index in [1.54, 1.807) is 60.7 Å². The summed E-state index contributed by atoms with van der Waals surface area (Å²) in [6.45, 7) is 4.09. The van der Waals surface area contributed by atoms with Gasteiger partial charge in [0, 0.05) is 46.6 Å². The van der Waals surface area contributed by atoms with Gasteiger partial charge in [0.05, 0.1) is 17.9 Å². The van der Waals surface area contributed by atoms with E-state index in [-0.39, 0.29) is 30.0 Å². The van der Waals surface area contributed by atoms with Crippen molar-refractivity contribution in [1.82, 2.24) is 29.5 Å². The first-order valence-electron chi connectivity index (χ1n) is 11.8. The minimum absolute atomic E-state index is 0.106. The first-order chi connectivity index (χ1) is 17.8. The Morgan fingerprint density at radius 1 is 1.11 bits per heavy atom. The molecule has 1 aliphatic heterocycles. The molecule has 5 rings (SSSR count). The van der Waals surface area contributed by atoms with Crippen LogP contribution >= 0.6 is 15.9 Å². The summed E-state index contributed by atoms with van der Waals surface area (Å²) in [6.07, 6.45) is 3.69. The van der Waals surface area contributed by atoms with Crippen molar-refractivity contribution < 1.29 is 9.59 Å². The molecule has 1 atom stereocenters. The van der Waals surface area contributed by atoms with Gasteiger partial charge in [0.1, 0.15) is 0 Å². The van der Waals surface area contributed by atoms with Crippen LogP contribution in [0.5, 0.6) is 0 Å². The SMILES string of the molecule is CNC(=O)c1ccc(-n2c(-n3cccn3)nc3c(c2=O)CC(C)N(C(=O)c2ccc(Br)c(C)c2)C3)cc1. The Morgan fingerprint density at radius 2 is 1.84 bits per heavy atom. The van der Waals surface area contributed by atoms with Gasteiger partial charge in [-0.15, -0.1) is 0 Å². The molecule has 3 heterocycles. The molecular formula is C27H25BrN6O3. The Morgan fingerprint density at radius 3 is 2.49 bits per heavy atom. The van der Waals surface area contributed by atoms with E-state index >= 15 is 0 Å². The van der Waals surface area contributed by atoms with Crippen molar-refractivity contribution in [2.24, 2.45) is 0 Å². The van der Waals surface area contributed by atoms with E-state index in [9.17, 15) is 14.4 Å². The molecule has 2 aromatic carbocycles. The minimum atomic E-state index is -0.221. The standard InChI is InChI=1S/C27H25BrN6O3/c1-16-13-19(7-10-22(16)28)25(36)32-15-23-21(14-17(32)2)26(37)34(27(31-23)33-12-4-11-30-33)20-8-5-18(6-9-20)24(35)29-3/h4-13,17H,14-15H2,1-3H3,(H,29,35). The molecular weight excluding hydrogens is 536 g/mol. The van der Waals surface area contributed by atoms with Gasteiger partial charge in [-0.3, -0.25) is 14.4 Å². The van der Waals surface area contributed by atoms with Gasteiger partial charge in [0.25, 0.3) is 17.4 Å². The van der Waals surface area contributed by atoms with Crippen LogP contribution in [0, 0.1) is 6.92 Å². The Labute approximate surface area is 221 Å². The highest BCUT2D eigenvalue weighted by atomic mass is 79.9. The molecule has 188 valence electrons. The summed E-state index contributed by atoms with van der Waals surface area (Å²) in [7, 11) is 1.57. The fourth-order valence-corrected chi connectivity index (χ4v) is 4.79. The van der Waals surface area contributed by atoms with Gasteiger partial charge in [0.2, 0.25) is 5.95 Å². The molecule has 1 aliphatic rings. The first-order valence-corrected chi connectivity index (χ1v) is 12.6. The van der Waals surface area contributed by atoms with Gasteiger partial charge >= 0.3 is 0 Å². The molecule has 0 aliphatic carbocycles. The van der Waals surface area contributed by atoms with Gasteiger partial charge in [0.15, 0.2) is 0 Å². The topological polar surface area (TPSA) is 102 Å². The summed E-state index contributed by atoms with van der Waals surface area (Å²) in [5.41, 5.74) is 3.51. The Kier molecular flexibility index (Phi) is 6.51. The molecule has 1 N–H and O–H groups in total. The van der Waals surface area contributed by atoms with Crippen LogP contribution in [0.15, 0.2) is 70.2 Å². The molecule has 0 fully saturated rings. The Balaban J connectivity index is 1.59. The number of hydrogen-bond donors (Lipinski definition) is 1. The van der Waals surface area contributed by atoms with Gasteiger partial charge in [-0.25, -0.2) is 14.2 Å². The molecule has 10 heteroatoms. The average molecular weight is 561 g/mol. The van der Waals surface area contributed by atoms with Gasteiger partial charge in [-0.1, -0.05) is 15.9 Å². The smallest absolute Gasteiger partial charge is 0.263 e. The fourth-order valence-electron chi connectivity index (χ4n) is 4.54. The molecule has 0 spiro atoms. The van der Waals surface area contributed by atoms with Gasteiger partial charge in [-0.05, 0) is 74.4 Å². The largest absolute Gasteiger partial charge is 0.355 e. The lowest BCUT2D eigenvalue weighted by Crippen LogP contribution is -2.46. The molecule has 4 aromatic rings. The van der Waals surface area contributed by atoms with Crippen molar-refractivity contribution in [2.45, 2.75) is 32.9 Å². The van der Waals surface area contributed by atoms with E-state index in [0.717, 1.165) is 10.0 Å². The van der Waals surface area contributed by atoms with Crippen LogP contribution in [0.25, 0.3) is 11.6 Å². The van der Waals surface area contributed by atoms with Crippen LogP contribution in [-0.2, 0) is 13.0 Å². The van der Waals surface area contributed by atoms with Crippen LogP contribution in [0.4, 0.5) is 0 Å². The quantitative estimate of drug-likeness (QED) is 0.412. The zero-order valence-electron chi connectivity index (χ0n) is 20.6. The van der Waals surface area contributed by atoms with Crippen molar-refractivity contribution in [3.8, 4) is 11.6 Å². The predicted octanol–water partition coefficient (Wildman–Crippen LogP) is 3.44. The average Bonchev–Trinajstić information content (AvgIpc) is 3.44. The maximum absolute atomic E-state index is 13.9. The van der Waals surface area contributed by atoms with Crippen LogP contribution in [0.2, 0.25) is 0 Å². The maximum Gasteiger partial charge on any atom is 0.263 e. The number of aryl methyl sites for hydroxylation is 1. The number of nitrogens with one attached hydrogen (secondary N) is 1. The lowest BCUT2D eigenvalue weighted by Gasteiger charge is -2.34. The third-order valence-corrected chi connectivity index (χ3v) is 7.48. The fraction of sp³-hybridized carbons (Fsp3) is 0.222. The maximum atomic E-state index is 13.9. The molecule has 0 saturated carbocycles. The van der Waals surface area contributed by atoms with Crippen molar-refractivity contribution in [2.75, 3.05) is 7.05 Å². The molecule has 0 radical (unpaired) electrons. The molecule has 2 aromatic heterocycles. The second-order valence-corrected chi connectivity index (χ2v) is 9.86. The van der Waals surface area contributed by atoms with Crippen molar-refractivity contribution >= 4 is 27.7 Å². The third kappa shape index (κ3) is 4.48. The number of aromatic nitrogens is 4. The predicted molar refractivity (Wildman–Crippen MR) is 142 cm³/mol. The molecule has 0 bridgehead atoms. The molecule has 1 unspecified atom stereocenters. The van der Waals surface area contributed by atoms with Crippen LogP contribution in [0.1, 0.15) is 44.5 Å². The van der Waals surface area contributed by atoms with Crippen molar-refractivity contribution in [1.29, 1.82) is 0 Å². The van der Waals surface area contributed by atoms with Gasteiger partial charge in [-0.2, -0.15) is 5.10 Å². The first kappa shape index (κ1) is 24.6. The highest BCUT2D eigenvalue weighted by Gasteiger charge is 2.32. The number of hydrogen-bond acceptors (Lipinski definition) is 5. The van der Waals surface area contributed by atoms with Crippen molar-refractivity contribution in [3.05, 3.63) is 104 Å². The lowest BCUT2D eigenvalue weighted by atomic mass is 9.98. The number of carbonyl (C=O) groups is 2. The number of amides is 2. The second-order valence-electron chi connectivity index (χ2n) is 9.00. The normalized spacial score (nSPS) is 14.8. The van der Waals surface area contributed by atoms with E-state index in [4.69, 9.17) is 4.98 Å². The molecule has 0 saturated heterocycles. The highest BCUT2D eigenvalue weighted by Crippen LogP contribution is 2.25. The minimum Gasteiger partial charge on any atom is -0.355 e. The number of fused-ring (bicyclic) bond motifs is 1. The van der Waals surface area contributed by atoms with Crippen LogP contribution < -0.4 is 10.9 Å². The second kappa shape index (κ2) is 9.78. The molecule has 37 heavy (non-hydrogen) atoms. The van der Waals surface area contributed by atoms with E-state index < -0.39 is 0 Å². The zero-order valence-corrected chi connectivity index (χ0v) is 22.2. The van der Waals surface area contributed by atoms with E-state index in [1.807, 2.05) is 26.0 Å². The monoisotopic (exact) mass is 560 g/mol. The number of carbonyl (C=O) groups excluding carboxylic acids is 2. The summed E-state index contributed by atoms with van der Waals surface area (Å²) >= 11 is 3.48. The highest BCUT2D eigenvalue weighted by molar-refractivity contribution is 9.10. The van der Waals surface area contributed by atoms with E-state index in [0.29, 0.717) is 40.4 Å². The number of nitrogens with zero attached hydrogens (tertiary/aromatic N) is 5. The summed E-state index contributed by atoms with van der Waals surface area (Å²) in [5, 5.41) is 6.90. The number of rotatable bonds is 4. The summed E-state index contributed by atoms with van der Waals surface area (Å²) in [4.78, 5) is 45.9. The van der Waals surface area contributed by atoms with E-state index in [1.165, 1.54) is 9.25 Å². The number of benzene rings is 2. The Hall–Kier alpha value is -4.05. The molecule has 9 nitrogen and oxygen atoms in total. The Bertz CT molecular complexity index is 1560. The lowest BCUT2D eigenvalue weighted by molar-refractivity contribution is 0.0652. The third-order valence-electron chi connectivity index (χ3n) is 6.59. The molecule has 2 amide bonds. The summed E-state index contributed by atoms with van der Waals surface area (Å²) < 4.78 is 3.97. The summed E-state index contributed by atoms with van der Waals surface area (Å²) in [6, 6.07) is 13.8. The van der Waals surface area contributed by atoms with Gasteiger partial charge < -0.3 is 10.2 Å². The van der Waals surface area contributed by atoms with Crippen LogP contribution in [-0.4, -0.2) is 49.1 Å². The summed E-state index contributed by atoms with van der Waals surface area (Å²) in [5.74, 6) is -0.0117. The zero-order chi connectivity index (χ0) is 26.3. The van der Waals surface area contributed by atoms with Crippen LogP contribution in [0.3, 0.4) is 0 Å². The number of halogens is 1.